The zero-order chi connectivity index (χ0) is 17.9. The van der Waals surface area contributed by atoms with Gasteiger partial charge in [0.05, 0.1) is 11.4 Å². The third kappa shape index (κ3) is 3.64. The van der Waals surface area contributed by atoms with Gasteiger partial charge in [-0.3, -0.25) is 4.90 Å². The van der Waals surface area contributed by atoms with E-state index in [1.807, 2.05) is 35.2 Å². The number of para-hydroxylation sites is 2. The van der Waals surface area contributed by atoms with Crippen LogP contribution in [-0.4, -0.2) is 38.3 Å². The summed E-state index contributed by atoms with van der Waals surface area (Å²) in [6, 6.07) is 16.3. The third-order valence-corrected chi connectivity index (χ3v) is 5.28. The van der Waals surface area contributed by atoms with Crippen LogP contribution in [0, 0.1) is 0 Å². The second-order valence-electron chi connectivity index (χ2n) is 6.83. The van der Waals surface area contributed by atoms with Gasteiger partial charge in [0.1, 0.15) is 0 Å². The van der Waals surface area contributed by atoms with Gasteiger partial charge >= 0.3 is 6.03 Å². The predicted octanol–water partition coefficient (Wildman–Crippen LogP) is 3.24. The number of carbonyl (C=O) groups excluding carboxylic acids is 1. The molecule has 1 fully saturated rings. The summed E-state index contributed by atoms with van der Waals surface area (Å²) in [5, 5.41) is 7.19. The van der Waals surface area contributed by atoms with Crippen molar-refractivity contribution < 1.29 is 4.79 Å². The number of urea groups is 1. The fourth-order valence-electron chi connectivity index (χ4n) is 3.64. The Bertz CT molecular complexity index is 774. The summed E-state index contributed by atoms with van der Waals surface area (Å²) in [7, 11) is 0. The highest BCUT2D eigenvalue weighted by atomic mass is 35.5. The second-order valence-corrected chi connectivity index (χ2v) is 7.26. The average molecular weight is 371 g/mol. The highest BCUT2D eigenvalue weighted by Crippen LogP contribution is 2.34. The molecule has 2 aliphatic rings. The van der Waals surface area contributed by atoms with Crippen molar-refractivity contribution in [3.63, 3.8) is 0 Å². The zero-order valence-corrected chi connectivity index (χ0v) is 15.4. The fourth-order valence-corrected chi connectivity index (χ4v) is 3.76. The highest BCUT2D eigenvalue weighted by Gasteiger charge is 2.28. The van der Waals surface area contributed by atoms with E-state index >= 15 is 0 Å². The van der Waals surface area contributed by atoms with Gasteiger partial charge in [0.2, 0.25) is 0 Å². The Labute approximate surface area is 158 Å². The van der Waals surface area contributed by atoms with Crippen LogP contribution in [0.5, 0.6) is 0 Å². The lowest BCUT2D eigenvalue weighted by Crippen LogP contribution is -2.50. The SMILES string of the molecule is O=C(N[C@@H]1CCNC1)N1CCN(Cc2ccc(Cl)cc2)c2ccccc21. The molecule has 2 amide bonds. The van der Waals surface area contributed by atoms with Crippen molar-refractivity contribution in [3.05, 3.63) is 59.1 Å². The van der Waals surface area contributed by atoms with Crippen LogP contribution < -0.4 is 20.4 Å². The summed E-state index contributed by atoms with van der Waals surface area (Å²) in [4.78, 5) is 17.0. The quantitative estimate of drug-likeness (QED) is 0.872. The summed E-state index contributed by atoms with van der Waals surface area (Å²) in [6.45, 7) is 4.10. The molecule has 1 atom stereocenters. The molecular formula is C20H23ClN4O. The minimum absolute atomic E-state index is 0.00251. The van der Waals surface area contributed by atoms with Crippen LogP contribution in [-0.2, 0) is 6.54 Å². The van der Waals surface area contributed by atoms with Gasteiger partial charge in [0, 0.05) is 37.2 Å². The summed E-state index contributed by atoms with van der Waals surface area (Å²) < 4.78 is 0. The van der Waals surface area contributed by atoms with Crippen LogP contribution >= 0.6 is 11.6 Å². The molecular weight excluding hydrogens is 348 g/mol. The van der Waals surface area contributed by atoms with Crippen molar-refractivity contribution in [2.45, 2.75) is 19.0 Å². The number of rotatable bonds is 3. The summed E-state index contributed by atoms with van der Waals surface area (Å²) in [5.41, 5.74) is 3.27. The highest BCUT2D eigenvalue weighted by molar-refractivity contribution is 6.30. The number of anilines is 2. The molecule has 0 aliphatic carbocycles. The maximum Gasteiger partial charge on any atom is 0.322 e. The van der Waals surface area contributed by atoms with Gasteiger partial charge in [-0.1, -0.05) is 35.9 Å². The lowest BCUT2D eigenvalue weighted by Gasteiger charge is -2.38. The standard InChI is InChI=1S/C20H23ClN4O/c21-16-7-5-15(6-8-16)14-24-11-12-25(19-4-2-1-3-18(19)24)20(26)23-17-9-10-22-13-17/h1-8,17,22H,9-14H2,(H,23,26)/t17-/m1/s1. The topological polar surface area (TPSA) is 47.6 Å². The molecule has 2 aromatic carbocycles. The Hall–Kier alpha value is -2.24. The summed E-state index contributed by atoms with van der Waals surface area (Å²) in [6.07, 6.45) is 0.990. The molecule has 5 nitrogen and oxygen atoms in total. The van der Waals surface area contributed by atoms with Crippen molar-refractivity contribution in [2.24, 2.45) is 0 Å². The van der Waals surface area contributed by atoms with E-state index in [0.29, 0.717) is 6.54 Å². The number of halogens is 1. The molecule has 6 heteroatoms. The van der Waals surface area contributed by atoms with Crippen LogP contribution in [0.2, 0.25) is 5.02 Å². The van der Waals surface area contributed by atoms with Crippen molar-refractivity contribution in [2.75, 3.05) is 36.0 Å². The number of nitrogens with one attached hydrogen (secondary N) is 2. The first-order chi connectivity index (χ1) is 12.7. The maximum absolute atomic E-state index is 12.8. The molecule has 0 radical (unpaired) electrons. The van der Waals surface area contributed by atoms with Crippen molar-refractivity contribution in [1.29, 1.82) is 0 Å². The average Bonchev–Trinajstić information content (AvgIpc) is 3.17. The van der Waals surface area contributed by atoms with E-state index in [1.54, 1.807) is 0 Å². The number of fused-ring (bicyclic) bond motifs is 1. The van der Waals surface area contributed by atoms with Gasteiger partial charge in [0.25, 0.3) is 0 Å². The smallest absolute Gasteiger partial charge is 0.322 e. The minimum Gasteiger partial charge on any atom is -0.364 e. The van der Waals surface area contributed by atoms with E-state index in [9.17, 15) is 4.79 Å². The fraction of sp³-hybridized carbons (Fsp3) is 0.350. The van der Waals surface area contributed by atoms with E-state index in [-0.39, 0.29) is 12.1 Å². The number of hydrogen-bond donors (Lipinski definition) is 2. The molecule has 0 unspecified atom stereocenters. The van der Waals surface area contributed by atoms with Crippen LogP contribution in [0.4, 0.5) is 16.2 Å². The van der Waals surface area contributed by atoms with Gasteiger partial charge in [-0.2, -0.15) is 0 Å². The third-order valence-electron chi connectivity index (χ3n) is 5.03. The molecule has 0 aromatic heterocycles. The molecule has 26 heavy (non-hydrogen) atoms. The zero-order valence-electron chi connectivity index (χ0n) is 14.6. The van der Waals surface area contributed by atoms with Crippen molar-refractivity contribution in [3.8, 4) is 0 Å². The lowest BCUT2D eigenvalue weighted by atomic mass is 10.1. The number of hydrogen-bond acceptors (Lipinski definition) is 3. The number of amides is 2. The van der Waals surface area contributed by atoms with Crippen LogP contribution in [0.3, 0.4) is 0 Å². The van der Waals surface area contributed by atoms with Crippen LogP contribution in [0.15, 0.2) is 48.5 Å². The van der Waals surface area contributed by atoms with Crippen molar-refractivity contribution >= 4 is 29.0 Å². The maximum atomic E-state index is 12.8. The molecule has 0 saturated carbocycles. The normalized spacial score (nSPS) is 19.3. The largest absolute Gasteiger partial charge is 0.364 e. The first-order valence-electron chi connectivity index (χ1n) is 9.08. The van der Waals surface area contributed by atoms with E-state index in [1.165, 1.54) is 5.56 Å². The van der Waals surface area contributed by atoms with Gasteiger partial charge in [0.15, 0.2) is 0 Å². The molecule has 0 spiro atoms. The Morgan fingerprint density at radius 1 is 1.12 bits per heavy atom. The Morgan fingerprint density at radius 3 is 2.62 bits per heavy atom. The minimum atomic E-state index is -0.00251. The van der Waals surface area contributed by atoms with Crippen LogP contribution in [0.25, 0.3) is 0 Å². The number of benzene rings is 2. The predicted molar refractivity (Wildman–Crippen MR) is 106 cm³/mol. The van der Waals surface area contributed by atoms with Crippen molar-refractivity contribution in [1.82, 2.24) is 10.6 Å². The molecule has 1 saturated heterocycles. The Morgan fingerprint density at radius 2 is 1.88 bits per heavy atom. The molecule has 0 bridgehead atoms. The van der Waals surface area contributed by atoms with E-state index in [0.717, 1.165) is 49.0 Å². The number of nitrogens with zero attached hydrogens (tertiary/aromatic N) is 2. The van der Waals surface area contributed by atoms with E-state index in [2.05, 4.69) is 33.7 Å². The molecule has 2 N–H and O–H groups in total. The van der Waals surface area contributed by atoms with Gasteiger partial charge in [-0.25, -0.2) is 4.79 Å². The Balaban J connectivity index is 1.52. The first-order valence-corrected chi connectivity index (χ1v) is 9.46. The van der Waals surface area contributed by atoms with Gasteiger partial charge in [-0.15, -0.1) is 0 Å². The van der Waals surface area contributed by atoms with Gasteiger partial charge in [-0.05, 0) is 42.8 Å². The van der Waals surface area contributed by atoms with E-state index < -0.39 is 0 Å². The van der Waals surface area contributed by atoms with Crippen LogP contribution in [0.1, 0.15) is 12.0 Å². The summed E-state index contributed by atoms with van der Waals surface area (Å²) in [5.74, 6) is 0. The first kappa shape index (κ1) is 17.2. The molecule has 4 rings (SSSR count). The lowest BCUT2D eigenvalue weighted by molar-refractivity contribution is 0.243. The molecule has 2 aromatic rings. The molecule has 2 heterocycles. The monoisotopic (exact) mass is 370 g/mol. The molecule has 136 valence electrons. The van der Waals surface area contributed by atoms with E-state index in [4.69, 9.17) is 11.6 Å². The summed E-state index contributed by atoms with van der Waals surface area (Å²) >= 11 is 5.99. The second kappa shape index (κ2) is 7.56. The number of carbonyl (C=O) groups is 1. The van der Waals surface area contributed by atoms with Gasteiger partial charge < -0.3 is 15.5 Å². The molecule has 2 aliphatic heterocycles. The Kier molecular flexibility index (Phi) is 5.00.